The maximum atomic E-state index is 13.2. The highest BCUT2D eigenvalue weighted by molar-refractivity contribution is 6.06. The second kappa shape index (κ2) is 11.4. The van der Waals surface area contributed by atoms with Crippen LogP contribution in [0.1, 0.15) is 21.5 Å². The SMILES string of the molecule is O=C(Nc1cccnc1)c1cc(C=CCN2CCOCC2)ccc1OCc1ccc(F)cc1. The van der Waals surface area contributed by atoms with Gasteiger partial charge in [-0.25, -0.2) is 4.39 Å². The Hall–Kier alpha value is -3.55. The van der Waals surface area contributed by atoms with Gasteiger partial charge in [-0.1, -0.05) is 30.4 Å². The molecule has 1 amide bonds. The van der Waals surface area contributed by atoms with Crippen LogP contribution in [0.4, 0.5) is 10.1 Å². The fourth-order valence-electron chi connectivity index (χ4n) is 3.45. The number of rotatable bonds is 8. The lowest BCUT2D eigenvalue weighted by Crippen LogP contribution is -2.36. The van der Waals surface area contributed by atoms with Crippen LogP contribution in [-0.4, -0.2) is 48.6 Å². The van der Waals surface area contributed by atoms with Gasteiger partial charge in [0.25, 0.3) is 5.91 Å². The third-order valence-corrected chi connectivity index (χ3v) is 5.25. The van der Waals surface area contributed by atoms with E-state index in [0.29, 0.717) is 17.0 Å². The number of benzene rings is 2. The number of hydrogen-bond donors (Lipinski definition) is 1. The Morgan fingerprint density at radius 3 is 2.73 bits per heavy atom. The molecule has 0 aliphatic carbocycles. The topological polar surface area (TPSA) is 63.7 Å². The summed E-state index contributed by atoms with van der Waals surface area (Å²) < 4.78 is 24.5. The Morgan fingerprint density at radius 2 is 1.97 bits per heavy atom. The van der Waals surface area contributed by atoms with Crippen LogP contribution < -0.4 is 10.1 Å². The Kier molecular flexibility index (Phi) is 7.79. The van der Waals surface area contributed by atoms with E-state index in [1.165, 1.54) is 12.1 Å². The minimum atomic E-state index is -0.302. The molecule has 0 bridgehead atoms. The van der Waals surface area contributed by atoms with Crippen LogP contribution in [0, 0.1) is 5.82 Å². The molecule has 0 saturated carbocycles. The highest BCUT2D eigenvalue weighted by Crippen LogP contribution is 2.24. The van der Waals surface area contributed by atoms with Crippen molar-refractivity contribution in [2.24, 2.45) is 0 Å². The largest absolute Gasteiger partial charge is 0.488 e. The highest BCUT2D eigenvalue weighted by atomic mass is 19.1. The quantitative estimate of drug-likeness (QED) is 0.555. The van der Waals surface area contributed by atoms with E-state index < -0.39 is 0 Å². The highest BCUT2D eigenvalue weighted by Gasteiger charge is 2.14. The Balaban J connectivity index is 1.50. The van der Waals surface area contributed by atoms with E-state index in [0.717, 1.165) is 44.0 Å². The van der Waals surface area contributed by atoms with E-state index in [2.05, 4.69) is 21.3 Å². The molecule has 1 aliphatic heterocycles. The van der Waals surface area contributed by atoms with Gasteiger partial charge in [0.2, 0.25) is 0 Å². The molecule has 33 heavy (non-hydrogen) atoms. The van der Waals surface area contributed by atoms with Gasteiger partial charge < -0.3 is 14.8 Å². The third kappa shape index (κ3) is 6.71. The molecule has 0 atom stereocenters. The van der Waals surface area contributed by atoms with Crippen LogP contribution in [-0.2, 0) is 11.3 Å². The molecular weight excluding hydrogens is 421 g/mol. The normalized spacial score (nSPS) is 14.3. The lowest BCUT2D eigenvalue weighted by atomic mass is 10.1. The summed E-state index contributed by atoms with van der Waals surface area (Å²) in [7, 11) is 0. The maximum absolute atomic E-state index is 13.2. The summed E-state index contributed by atoms with van der Waals surface area (Å²) in [5, 5.41) is 2.86. The Morgan fingerprint density at radius 1 is 1.15 bits per heavy atom. The number of amides is 1. The zero-order valence-corrected chi connectivity index (χ0v) is 18.2. The standard InChI is InChI=1S/C26H26FN3O3/c27-22-8-5-21(6-9-22)19-33-25-10-7-20(3-2-12-30-13-15-32-16-14-30)17-24(25)26(31)29-23-4-1-11-28-18-23/h1-11,17-18H,12-16,19H2,(H,29,31). The number of pyridine rings is 1. The smallest absolute Gasteiger partial charge is 0.259 e. The fraction of sp³-hybridized carbons (Fsp3) is 0.231. The molecular formula is C26H26FN3O3. The molecule has 1 fully saturated rings. The third-order valence-electron chi connectivity index (χ3n) is 5.25. The number of hydrogen-bond acceptors (Lipinski definition) is 5. The number of carbonyl (C=O) groups is 1. The molecule has 0 unspecified atom stereocenters. The van der Waals surface area contributed by atoms with Gasteiger partial charge in [0.15, 0.2) is 0 Å². The first-order valence-corrected chi connectivity index (χ1v) is 10.9. The molecule has 2 aromatic carbocycles. The molecule has 0 radical (unpaired) electrons. The minimum absolute atomic E-state index is 0.222. The van der Waals surface area contributed by atoms with Gasteiger partial charge in [0.05, 0.1) is 30.7 Å². The number of nitrogens with zero attached hydrogens (tertiary/aromatic N) is 2. The van der Waals surface area contributed by atoms with E-state index in [9.17, 15) is 9.18 Å². The molecule has 1 saturated heterocycles. The second-order valence-electron chi connectivity index (χ2n) is 7.68. The van der Waals surface area contributed by atoms with Crippen LogP contribution in [0.3, 0.4) is 0 Å². The lowest BCUT2D eigenvalue weighted by molar-refractivity contribution is 0.0435. The number of anilines is 1. The molecule has 3 aromatic rings. The van der Waals surface area contributed by atoms with Gasteiger partial charge in [-0.3, -0.25) is 14.7 Å². The molecule has 4 rings (SSSR count). The first-order chi connectivity index (χ1) is 16.2. The van der Waals surface area contributed by atoms with E-state index in [1.54, 1.807) is 42.7 Å². The molecule has 170 valence electrons. The van der Waals surface area contributed by atoms with Crippen molar-refractivity contribution in [3.05, 3.63) is 95.6 Å². The Labute approximate surface area is 192 Å². The van der Waals surface area contributed by atoms with Crippen LogP contribution in [0.15, 0.2) is 73.1 Å². The molecule has 2 heterocycles. The monoisotopic (exact) mass is 447 g/mol. The lowest BCUT2D eigenvalue weighted by Gasteiger charge is -2.25. The van der Waals surface area contributed by atoms with Gasteiger partial charge in [-0.05, 0) is 47.5 Å². The number of halogens is 1. The van der Waals surface area contributed by atoms with E-state index >= 15 is 0 Å². The van der Waals surface area contributed by atoms with Crippen molar-refractivity contribution in [1.29, 1.82) is 0 Å². The predicted octanol–water partition coefficient (Wildman–Crippen LogP) is 4.40. The molecule has 6 nitrogen and oxygen atoms in total. The summed E-state index contributed by atoms with van der Waals surface area (Å²) in [6, 6.07) is 15.1. The first-order valence-electron chi connectivity index (χ1n) is 10.9. The van der Waals surface area contributed by atoms with Crippen molar-refractivity contribution < 1.29 is 18.7 Å². The van der Waals surface area contributed by atoms with Gasteiger partial charge in [0, 0.05) is 25.8 Å². The summed E-state index contributed by atoms with van der Waals surface area (Å²) in [6.07, 6.45) is 7.32. The number of morpholine rings is 1. The second-order valence-corrected chi connectivity index (χ2v) is 7.68. The predicted molar refractivity (Wildman–Crippen MR) is 126 cm³/mol. The average molecular weight is 448 g/mol. The number of nitrogens with one attached hydrogen (secondary N) is 1. The summed E-state index contributed by atoms with van der Waals surface area (Å²) in [6.45, 7) is 4.39. The molecule has 1 aliphatic rings. The summed E-state index contributed by atoms with van der Waals surface area (Å²) in [5.74, 6) is -0.143. The zero-order chi connectivity index (χ0) is 22.9. The summed E-state index contributed by atoms with van der Waals surface area (Å²) >= 11 is 0. The van der Waals surface area contributed by atoms with Crippen LogP contribution in [0.2, 0.25) is 0 Å². The van der Waals surface area contributed by atoms with Gasteiger partial charge in [-0.15, -0.1) is 0 Å². The van der Waals surface area contributed by atoms with Crippen molar-refractivity contribution >= 4 is 17.7 Å². The average Bonchev–Trinajstić information content (AvgIpc) is 2.85. The summed E-state index contributed by atoms with van der Waals surface area (Å²) in [4.78, 5) is 19.4. The Bertz CT molecular complexity index is 1080. The van der Waals surface area contributed by atoms with Crippen molar-refractivity contribution in [3.8, 4) is 5.75 Å². The van der Waals surface area contributed by atoms with E-state index in [1.807, 2.05) is 18.2 Å². The molecule has 1 aromatic heterocycles. The number of ether oxygens (including phenoxy) is 2. The molecule has 7 heteroatoms. The van der Waals surface area contributed by atoms with Crippen molar-refractivity contribution in [3.63, 3.8) is 0 Å². The van der Waals surface area contributed by atoms with Crippen molar-refractivity contribution in [2.75, 3.05) is 38.2 Å². The number of carbonyl (C=O) groups excluding carboxylic acids is 1. The van der Waals surface area contributed by atoms with Crippen LogP contribution >= 0.6 is 0 Å². The van der Waals surface area contributed by atoms with Gasteiger partial charge in [0.1, 0.15) is 18.2 Å². The van der Waals surface area contributed by atoms with Crippen molar-refractivity contribution in [2.45, 2.75) is 6.61 Å². The molecule has 1 N–H and O–H groups in total. The minimum Gasteiger partial charge on any atom is -0.488 e. The maximum Gasteiger partial charge on any atom is 0.259 e. The van der Waals surface area contributed by atoms with Gasteiger partial charge >= 0.3 is 0 Å². The van der Waals surface area contributed by atoms with E-state index in [-0.39, 0.29) is 18.3 Å². The van der Waals surface area contributed by atoms with Crippen LogP contribution in [0.5, 0.6) is 5.75 Å². The zero-order valence-electron chi connectivity index (χ0n) is 18.2. The number of aromatic nitrogens is 1. The van der Waals surface area contributed by atoms with Gasteiger partial charge in [-0.2, -0.15) is 0 Å². The first kappa shape index (κ1) is 22.6. The van der Waals surface area contributed by atoms with Crippen molar-refractivity contribution in [1.82, 2.24) is 9.88 Å². The van der Waals surface area contributed by atoms with E-state index in [4.69, 9.17) is 9.47 Å². The summed E-state index contributed by atoms with van der Waals surface area (Å²) in [5.41, 5.74) is 2.72. The molecule has 0 spiro atoms. The fourth-order valence-corrected chi connectivity index (χ4v) is 3.45. The van der Waals surface area contributed by atoms with Crippen LogP contribution in [0.25, 0.3) is 6.08 Å².